The summed E-state index contributed by atoms with van der Waals surface area (Å²) in [7, 11) is 2.14. The van der Waals surface area contributed by atoms with Crippen LogP contribution in [-0.4, -0.2) is 44.2 Å². The van der Waals surface area contributed by atoms with Gasteiger partial charge in [0.05, 0.1) is 0 Å². The molecule has 16 heavy (non-hydrogen) atoms. The van der Waals surface area contributed by atoms with E-state index in [1.165, 1.54) is 0 Å². The Morgan fingerprint density at radius 3 is 1.94 bits per heavy atom. The van der Waals surface area contributed by atoms with E-state index in [9.17, 15) is 14.7 Å². The molecule has 94 valence electrons. The Morgan fingerprint density at radius 2 is 1.62 bits per heavy atom. The summed E-state index contributed by atoms with van der Waals surface area (Å²) in [5.74, 6) is -1.10. The fourth-order valence-corrected chi connectivity index (χ4v) is 4.78. The first-order valence-electron chi connectivity index (χ1n) is 4.46. The topological polar surface area (TPSA) is 74.6 Å². The van der Waals surface area contributed by atoms with Crippen LogP contribution >= 0.6 is 46.8 Å². The molecule has 0 unspecified atom stereocenters. The molecule has 8 heteroatoms. The van der Waals surface area contributed by atoms with Gasteiger partial charge in [-0.2, -0.15) is 25.3 Å². The molecule has 0 radical (unpaired) electrons. The van der Waals surface area contributed by atoms with Crippen LogP contribution in [0.5, 0.6) is 0 Å². The maximum absolute atomic E-state index is 11.2. The highest BCUT2D eigenvalue weighted by atomic mass is 33.1. The van der Waals surface area contributed by atoms with E-state index in [0.29, 0.717) is 24.3 Å². The summed E-state index contributed by atoms with van der Waals surface area (Å²) in [4.78, 5) is 21.6. The van der Waals surface area contributed by atoms with Gasteiger partial charge in [0.15, 0.2) is 0 Å². The Hall–Kier alpha value is 0.340. The molecule has 0 saturated carbocycles. The summed E-state index contributed by atoms with van der Waals surface area (Å²) >= 11 is 8.07. The second-order valence-electron chi connectivity index (χ2n) is 2.99. The van der Waals surface area contributed by atoms with Gasteiger partial charge in [-0.15, -0.1) is 0 Å². The van der Waals surface area contributed by atoms with Crippen molar-refractivity contribution in [3.8, 4) is 0 Å². The minimum absolute atomic E-state index is 0.112. The molecule has 0 aromatic heterocycles. The van der Waals surface area contributed by atoms with Crippen molar-refractivity contribution in [3.05, 3.63) is 0 Å². The first-order valence-corrected chi connectivity index (χ1v) is 8.04. The van der Waals surface area contributed by atoms with Gasteiger partial charge in [-0.05, 0) is 24.3 Å². The zero-order chi connectivity index (χ0) is 12.6. The Balaban J connectivity index is 4.48. The summed E-state index contributed by atoms with van der Waals surface area (Å²) in [6, 6.07) is 0. The number of aliphatic carboxylic acids is 2. The SMILES string of the molecule is O=C(O)CSSC(CCS)(CCS)C(=O)O. The van der Waals surface area contributed by atoms with Crippen LogP contribution in [0, 0.1) is 0 Å². The molecule has 0 bridgehead atoms. The number of rotatable bonds is 9. The Bertz CT molecular complexity index is 240. The van der Waals surface area contributed by atoms with Crippen LogP contribution < -0.4 is 0 Å². The number of hydrogen-bond donors (Lipinski definition) is 4. The summed E-state index contributed by atoms with van der Waals surface area (Å²) in [6.45, 7) is 0. The van der Waals surface area contributed by atoms with Crippen molar-refractivity contribution in [1.29, 1.82) is 0 Å². The molecule has 0 aromatic rings. The van der Waals surface area contributed by atoms with E-state index in [1.54, 1.807) is 0 Å². The molecule has 0 rings (SSSR count). The molecule has 0 aliphatic carbocycles. The molecule has 0 aliphatic heterocycles. The lowest BCUT2D eigenvalue weighted by Crippen LogP contribution is -2.35. The highest BCUT2D eigenvalue weighted by Gasteiger charge is 2.38. The highest BCUT2D eigenvalue weighted by molar-refractivity contribution is 8.77. The molecule has 4 nitrogen and oxygen atoms in total. The summed E-state index contributed by atoms with van der Waals surface area (Å²) in [6.07, 6.45) is 0.784. The van der Waals surface area contributed by atoms with Crippen LogP contribution in [0.2, 0.25) is 0 Å². The number of hydrogen-bond acceptors (Lipinski definition) is 6. The summed E-state index contributed by atoms with van der Waals surface area (Å²) in [5, 5.41) is 17.7. The molecule has 0 heterocycles. The molecule has 0 amide bonds. The second-order valence-corrected chi connectivity index (χ2v) is 6.56. The minimum atomic E-state index is -0.983. The molecule has 0 aromatic carbocycles. The van der Waals surface area contributed by atoms with Crippen molar-refractivity contribution < 1.29 is 19.8 Å². The zero-order valence-corrected chi connectivity index (χ0v) is 11.9. The molecule has 0 spiro atoms. The minimum Gasteiger partial charge on any atom is -0.481 e. The van der Waals surface area contributed by atoms with Crippen LogP contribution in [0.1, 0.15) is 12.8 Å². The van der Waals surface area contributed by atoms with Gasteiger partial charge in [-0.3, -0.25) is 9.59 Å². The van der Waals surface area contributed by atoms with Gasteiger partial charge in [0, 0.05) is 0 Å². The van der Waals surface area contributed by atoms with Crippen molar-refractivity contribution in [2.45, 2.75) is 17.6 Å². The van der Waals surface area contributed by atoms with Crippen molar-refractivity contribution >= 4 is 58.8 Å². The Morgan fingerprint density at radius 1 is 1.12 bits per heavy atom. The van der Waals surface area contributed by atoms with Crippen molar-refractivity contribution in [1.82, 2.24) is 0 Å². The smallest absolute Gasteiger partial charge is 0.320 e. The molecule has 0 fully saturated rings. The number of thiol groups is 2. The molecule has 0 saturated heterocycles. The van der Waals surface area contributed by atoms with Gasteiger partial charge in [0.1, 0.15) is 10.5 Å². The first-order chi connectivity index (χ1) is 7.48. The highest BCUT2D eigenvalue weighted by Crippen LogP contribution is 2.41. The van der Waals surface area contributed by atoms with E-state index in [-0.39, 0.29) is 5.75 Å². The quantitative estimate of drug-likeness (QED) is 0.385. The third-order valence-electron chi connectivity index (χ3n) is 1.82. The standard InChI is InChI=1S/C8H14O4S4/c9-6(10)5-15-16-8(1-3-13,2-4-14)7(11)12/h13-14H,1-5H2,(H,9,10)(H,11,12). The largest absolute Gasteiger partial charge is 0.481 e. The first kappa shape index (κ1) is 16.3. The third-order valence-corrected chi connectivity index (χ3v) is 5.32. The lowest BCUT2D eigenvalue weighted by atomic mass is 10.0. The Labute approximate surface area is 113 Å². The van der Waals surface area contributed by atoms with Gasteiger partial charge >= 0.3 is 11.9 Å². The van der Waals surface area contributed by atoms with E-state index in [2.05, 4.69) is 25.3 Å². The third kappa shape index (κ3) is 5.60. The predicted octanol–water partition coefficient (Wildman–Crippen LogP) is 1.92. The number of carboxylic acids is 2. The fourth-order valence-electron chi connectivity index (χ4n) is 1.01. The van der Waals surface area contributed by atoms with Gasteiger partial charge in [0.25, 0.3) is 0 Å². The zero-order valence-electron chi connectivity index (χ0n) is 8.46. The van der Waals surface area contributed by atoms with Gasteiger partial charge < -0.3 is 10.2 Å². The van der Waals surface area contributed by atoms with E-state index in [0.717, 1.165) is 21.6 Å². The number of carboxylic acid groups (broad SMARTS) is 2. The monoisotopic (exact) mass is 302 g/mol. The summed E-state index contributed by atoms with van der Waals surface area (Å²) < 4.78 is -0.983. The van der Waals surface area contributed by atoms with Gasteiger partial charge in [-0.25, -0.2) is 0 Å². The average Bonchev–Trinajstić information content (AvgIpc) is 2.17. The average molecular weight is 302 g/mol. The fraction of sp³-hybridized carbons (Fsp3) is 0.750. The van der Waals surface area contributed by atoms with E-state index in [4.69, 9.17) is 5.11 Å². The molecule has 2 N–H and O–H groups in total. The summed E-state index contributed by atoms with van der Waals surface area (Å²) in [5.41, 5.74) is 0. The van der Waals surface area contributed by atoms with Gasteiger partial charge in [0.2, 0.25) is 0 Å². The maximum atomic E-state index is 11.2. The van der Waals surface area contributed by atoms with Crippen LogP contribution in [-0.2, 0) is 9.59 Å². The molecule has 0 aliphatic rings. The van der Waals surface area contributed by atoms with E-state index >= 15 is 0 Å². The van der Waals surface area contributed by atoms with Crippen LogP contribution in [0.15, 0.2) is 0 Å². The van der Waals surface area contributed by atoms with E-state index in [1.807, 2.05) is 0 Å². The lowest BCUT2D eigenvalue weighted by Gasteiger charge is -2.26. The maximum Gasteiger partial charge on any atom is 0.320 e. The Kier molecular flexibility index (Phi) is 8.61. The van der Waals surface area contributed by atoms with Crippen LogP contribution in [0.3, 0.4) is 0 Å². The van der Waals surface area contributed by atoms with Gasteiger partial charge in [-0.1, -0.05) is 21.6 Å². The number of carbonyl (C=O) groups is 2. The van der Waals surface area contributed by atoms with Crippen LogP contribution in [0.25, 0.3) is 0 Å². The van der Waals surface area contributed by atoms with Crippen molar-refractivity contribution in [2.24, 2.45) is 0 Å². The van der Waals surface area contributed by atoms with Crippen LogP contribution in [0.4, 0.5) is 0 Å². The molecular formula is C8H14O4S4. The van der Waals surface area contributed by atoms with Crippen molar-refractivity contribution in [3.63, 3.8) is 0 Å². The molecular weight excluding hydrogens is 288 g/mol. The molecule has 0 atom stereocenters. The second kappa shape index (κ2) is 8.43. The predicted molar refractivity (Wildman–Crippen MR) is 75.0 cm³/mol. The van der Waals surface area contributed by atoms with Crippen molar-refractivity contribution in [2.75, 3.05) is 17.3 Å². The van der Waals surface area contributed by atoms with E-state index < -0.39 is 16.7 Å². The normalized spacial score (nSPS) is 11.4. The lowest BCUT2D eigenvalue weighted by molar-refractivity contribution is -0.140.